The van der Waals surface area contributed by atoms with Gasteiger partial charge in [0.15, 0.2) is 0 Å². The second-order valence-corrected chi connectivity index (χ2v) is 7.22. The lowest BCUT2D eigenvalue weighted by molar-refractivity contribution is -0.145. The zero-order chi connectivity index (χ0) is 14.6. The van der Waals surface area contributed by atoms with Crippen LogP contribution in [0.3, 0.4) is 0 Å². The lowest BCUT2D eigenvalue weighted by atomic mass is 9.78. The third kappa shape index (κ3) is 4.12. The molecule has 3 nitrogen and oxygen atoms in total. The summed E-state index contributed by atoms with van der Waals surface area (Å²) in [4.78, 5) is 14.9. The number of carbonyl (C=O) groups is 1. The van der Waals surface area contributed by atoms with Crippen LogP contribution in [0.25, 0.3) is 0 Å². The number of likely N-dealkylation sites (tertiary alicyclic amines) is 1. The number of hydrogen-bond donors (Lipinski definition) is 2. The first-order valence-electron chi connectivity index (χ1n) is 7.40. The summed E-state index contributed by atoms with van der Waals surface area (Å²) in [6.07, 6.45) is 3.44. The third-order valence-electron chi connectivity index (χ3n) is 4.13. The molecule has 0 aromatic carbocycles. The average molecular weight is 286 g/mol. The maximum atomic E-state index is 12.7. The minimum absolute atomic E-state index is 0.00522. The number of hydrogen-bond acceptors (Lipinski definition) is 3. The Morgan fingerprint density at radius 3 is 2.53 bits per heavy atom. The van der Waals surface area contributed by atoms with Crippen molar-refractivity contribution in [1.29, 1.82) is 0 Å². The summed E-state index contributed by atoms with van der Waals surface area (Å²) in [6.45, 7) is 9.60. The molecule has 4 heteroatoms. The number of piperidine rings is 1. The molecule has 1 N–H and O–H groups in total. The fourth-order valence-electron chi connectivity index (χ4n) is 3.03. The maximum Gasteiger partial charge on any atom is 0.226 e. The van der Waals surface area contributed by atoms with Crippen LogP contribution in [0.2, 0.25) is 0 Å². The number of carbonyl (C=O) groups excluding carboxylic acids is 1. The smallest absolute Gasteiger partial charge is 0.226 e. The number of nitrogens with zero attached hydrogens (tertiary/aromatic N) is 1. The van der Waals surface area contributed by atoms with E-state index in [4.69, 9.17) is 0 Å². The van der Waals surface area contributed by atoms with Gasteiger partial charge in [0.2, 0.25) is 5.91 Å². The highest BCUT2D eigenvalue weighted by atomic mass is 32.1. The standard InChI is InChI=1S/C15H30N2OS/c1-11(10-19)14(18)17-12(9-16-5)7-6-8-13(17)15(2,3)4/h11-13,16,19H,6-10H2,1-5H3. The first-order chi connectivity index (χ1) is 8.82. The Kier molecular flexibility index (Phi) is 6.18. The SMILES string of the molecule is CNCC1CCCC(C(C)(C)C)N1C(=O)C(C)CS. The molecular formula is C15H30N2OS. The molecule has 0 aromatic rings. The van der Waals surface area contributed by atoms with Crippen LogP contribution >= 0.6 is 12.6 Å². The van der Waals surface area contributed by atoms with Gasteiger partial charge in [0, 0.05) is 30.3 Å². The molecule has 112 valence electrons. The van der Waals surface area contributed by atoms with E-state index in [-0.39, 0.29) is 17.2 Å². The van der Waals surface area contributed by atoms with Crippen LogP contribution in [0.1, 0.15) is 47.0 Å². The fraction of sp³-hybridized carbons (Fsp3) is 0.933. The van der Waals surface area contributed by atoms with Crippen molar-refractivity contribution < 1.29 is 4.79 Å². The van der Waals surface area contributed by atoms with Crippen LogP contribution in [0.5, 0.6) is 0 Å². The molecule has 1 amide bonds. The predicted molar refractivity (Wildman–Crippen MR) is 84.7 cm³/mol. The Hall–Kier alpha value is -0.220. The summed E-state index contributed by atoms with van der Waals surface area (Å²) in [6, 6.07) is 0.673. The Morgan fingerprint density at radius 2 is 2.05 bits per heavy atom. The van der Waals surface area contributed by atoms with Gasteiger partial charge in [-0.2, -0.15) is 12.6 Å². The summed E-state index contributed by atoms with van der Waals surface area (Å²) in [5, 5.41) is 3.24. The van der Waals surface area contributed by atoms with Crippen LogP contribution in [-0.4, -0.2) is 42.2 Å². The van der Waals surface area contributed by atoms with Crippen molar-refractivity contribution in [2.24, 2.45) is 11.3 Å². The van der Waals surface area contributed by atoms with Crippen molar-refractivity contribution in [2.75, 3.05) is 19.3 Å². The summed E-state index contributed by atoms with van der Waals surface area (Å²) in [5.41, 5.74) is 0.137. The molecule has 1 saturated heterocycles. The van der Waals surface area contributed by atoms with E-state index in [9.17, 15) is 4.79 Å². The highest BCUT2D eigenvalue weighted by molar-refractivity contribution is 7.80. The van der Waals surface area contributed by atoms with Gasteiger partial charge in [0.05, 0.1) is 0 Å². The highest BCUT2D eigenvalue weighted by Crippen LogP contribution is 2.35. The number of likely N-dealkylation sites (N-methyl/N-ethyl adjacent to an activating group) is 1. The Balaban J connectivity index is 2.99. The minimum Gasteiger partial charge on any atom is -0.335 e. The van der Waals surface area contributed by atoms with E-state index in [1.807, 2.05) is 14.0 Å². The van der Waals surface area contributed by atoms with E-state index in [0.29, 0.717) is 17.8 Å². The molecule has 1 aliphatic heterocycles. The molecule has 3 atom stereocenters. The van der Waals surface area contributed by atoms with E-state index in [0.717, 1.165) is 19.4 Å². The van der Waals surface area contributed by atoms with Crippen LogP contribution in [-0.2, 0) is 4.79 Å². The molecule has 0 aliphatic carbocycles. The van der Waals surface area contributed by atoms with E-state index < -0.39 is 0 Å². The molecule has 0 spiro atoms. The van der Waals surface area contributed by atoms with Crippen molar-refractivity contribution in [3.8, 4) is 0 Å². The van der Waals surface area contributed by atoms with Crippen molar-refractivity contribution in [3.05, 3.63) is 0 Å². The van der Waals surface area contributed by atoms with Crippen molar-refractivity contribution in [1.82, 2.24) is 10.2 Å². The molecule has 19 heavy (non-hydrogen) atoms. The second kappa shape index (κ2) is 6.98. The molecule has 0 radical (unpaired) electrons. The summed E-state index contributed by atoms with van der Waals surface area (Å²) >= 11 is 4.30. The zero-order valence-electron chi connectivity index (χ0n) is 13.1. The first-order valence-corrected chi connectivity index (χ1v) is 8.03. The molecular weight excluding hydrogens is 256 g/mol. The lowest BCUT2D eigenvalue weighted by Crippen LogP contribution is -2.58. The normalized spacial score (nSPS) is 26.3. The van der Waals surface area contributed by atoms with Gasteiger partial charge in [-0.15, -0.1) is 0 Å². The fourth-order valence-corrected chi connectivity index (χ4v) is 3.19. The Labute approximate surface area is 123 Å². The Bertz CT molecular complexity index is 299. The van der Waals surface area contributed by atoms with Crippen LogP contribution in [0.4, 0.5) is 0 Å². The van der Waals surface area contributed by atoms with Gasteiger partial charge in [-0.25, -0.2) is 0 Å². The zero-order valence-corrected chi connectivity index (χ0v) is 14.0. The van der Waals surface area contributed by atoms with Gasteiger partial charge in [-0.3, -0.25) is 4.79 Å². The van der Waals surface area contributed by atoms with Gasteiger partial charge >= 0.3 is 0 Å². The maximum absolute atomic E-state index is 12.7. The summed E-state index contributed by atoms with van der Waals surface area (Å²) < 4.78 is 0. The molecule has 1 aliphatic rings. The van der Waals surface area contributed by atoms with Crippen LogP contribution in [0, 0.1) is 11.3 Å². The quantitative estimate of drug-likeness (QED) is 0.779. The van der Waals surface area contributed by atoms with Gasteiger partial charge in [0.1, 0.15) is 0 Å². The van der Waals surface area contributed by atoms with E-state index in [1.54, 1.807) is 0 Å². The number of nitrogens with one attached hydrogen (secondary N) is 1. The number of rotatable bonds is 4. The van der Waals surface area contributed by atoms with Crippen molar-refractivity contribution in [3.63, 3.8) is 0 Å². The lowest BCUT2D eigenvalue weighted by Gasteiger charge is -2.49. The van der Waals surface area contributed by atoms with E-state index in [2.05, 4.69) is 43.6 Å². The Morgan fingerprint density at radius 1 is 1.42 bits per heavy atom. The first kappa shape index (κ1) is 16.8. The van der Waals surface area contributed by atoms with Crippen molar-refractivity contribution in [2.45, 2.75) is 59.0 Å². The average Bonchev–Trinajstić information content (AvgIpc) is 2.36. The molecule has 1 heterocycles. The van der Waals surface area contributed by atoms with E-state index in [1.165, 1.54) is 6.42 Å². The van der Waals surface area contributed by atoms with E-state index >= 15 is 0 Å². The monoisotopic (exact) mass is 286 g/mol. The second-order valence-electron chi connectivity index (χ2n) is 6.85. The summed E-state index contributed by atoms with van der Waals surface area (Å²) in [5.74, 6) is 0.902. The van der Waals surface area contributed by atoms with Gasteiger partial charge in [0.25, 0.3) is 0 Å². The number of amides is 1. The van der Waals surface area contributed by atoms with Gasteiger partial charge in [-0.1, -0.05) is 27.7 Å². The van der Waals surface area contributed by atoms with Crippen LogP contribution < -0.4 is 5.32 Å². The summed E-state index contributed by atoms with van der Waals surface area (Å²) in [7, 11) is 1.96. The van der Waals surface area contributed by atoms with Crippen LogP contribution in [0.15, 0.2) is 0 Å². The largest absolute Gasteiger partial charge is 0.335 e. The number of thiol groups is 1. The van der Waals surface area contributed by atoms with Crippen molar-refractivity contribution >= 4 is 18.5 Å². The molecule has 1 fully saturated rings. The third-order valence-corrected chi connectivity index (χ3v) is 4.68. The molecule has 1 rings (SSSR count). The topological polar surface area (TPSA) is 32.3 Å². The molecule has 0 aromatic heterocycles. The van der Waals surface area contributed by atoms with Gasteiger partial charge < -0.3 is 10.2 Å². The molecule has 3 unspecified atom stereocenters. The predicted octanol–water partition coefficient (Wildman–Crippen LogP) is 2.57. The minimum atomic E-state index is 0.00522. The molecule has 0 saturated carbocycles. The molecule has 0 bridgehead atoms. The highest BCUT2D eigenvalue weighted by Gasteiger charge is 2.40. The van der Waals surface area contributed by atoms with Gasteiger partial charge in [-0.05, 0) is 31.7 Å².